The van der Waals surface area contributed by atoms with Crippen LogP contribution in [0.2, 0.25) is 5.02 Å². The molecule has 0 aliphatic carbocycles. The van der Waals surface area contributed by atoms with E-state index in [9.17, 15) is 0 Å². The highest BCUT2D eigenvalue weighted by Crippen LogP contribution is 2.27. The lowest BCUT2D eigenvalue weighted by Gasteiger charge is -2.20. The molecule has 0 spiro atoms. The Morgan fingerprint density at radius 2 is 1.90 bits per heavy atom. The minimum atomic E-state index is 0.0612. The predicted molar refractivity (Wildman–Crippen MR) is 82.4 cm³/mol. The Morgan fingerprint density at radius 3 is 2.50 bits per heavy atom. The van der Waals surface area contributed by atoms with E-state index in [1.54, 1.807) is 6.20 Å². The standard InChI is InChI=1S/C16H19ClN2O/c1-16(2,3)19-11-12-9-14(17)15(18-10-12)20-13-7-5-4-6-8-13/h4-10,19H,11H2,1-3H3. The summed E-state index contributed by atoms with van der Waals surface area (Å²) in [6.45, 7) is 7.08. The molecule has 2 aromatic rings. The van der Waals surface area contributed by atoms with E-state index < -0.39 is 0 Å². The zero-order chi connectivity index (χ0) is 14.6. The second-order valence-corrected chi connectivity index (χ2v) is 6.06. The van der Waals surface area contributed by atoms with Gasteiger partial charge in [-0.25, -0.2) is 4.98 Å². The lowest BCUT2D eigenvalue weighted by atomic mass is 10.1. The van der Waals surface area contributed by atoms with Gasteiger partial charge in [-0.05, 0) is 44.5 Å². The van der Waals surface area contributed by atoms with Crippen LogP contribution in [0.25, 0.3) is 0 Å². The largest absolute Gasteiger partial charge is 0.438 e. The maximum absolute atomic E-state index is 6.21. The third-order valence-electron chi connectivity index (χ3n) is 2.64. The zero-order valence-electron chi connectivity index (χ0n) is 12.0. The van der Waals surface area contributed by atoms with Gasteiger partial charge in [0.2, 0.25) is 5.88 Å². The molecule has 0 aliphatic rings. The summed E-state index contributed by atoms with van der Waals surface area (Å²) in [7, 11) is 0. The fraction of sp³-hybridized carbons (Fsp3) is 0.312. The van der Waals surface area contributed by atoms with Crippen molar-refractivity contribution in [2.24, 2.45) is 0 Å². The summed E-state index contributed by atoms with van der Waals surface area (Å²) >= 11 is 6.21. The highest BCUT2D eigenvalue weighted by molar-refractivity contribution is 6.31. The zero-order valence-corrected chi connectivity index (χ0v) is 12.7. The van der Waals surface area contributed by atoms with Gasteiger partial charge >= 0.3 is 0 Å². The average molecular weight is 291 g/mol. The third-order valence-corrected chi connectivity index (χ3v) is 2.92. The molecular formula is C16H19ClN2O. The van der Waals surface area contributed by atoms with Gasteiger partial charge in [0.25, 0.3) is 0 Å². The fourth-order valence-corrected chi connectivity index (χ4v) is 1.83. The van der Waals surface area contributed by atoms with Gasteiger partial charge in [-0.3, -0.25) is 0 Å². The van der Waals surface area contributed by atoms with Crippen molar-refractivity contribution in [3.8, 4) is 11.6 Å². The molecule has 0 amide bonds. The highest BCUT2D eigenvalue weighted by atomic mass is 35.5. The van der Waals surface area contributed by atoms with Crippen LogP contribution in [0.1, 0.15) is 26.3 Å². The number of para-hydroxylation sites is 1. The van der Waals surface area contributed by atoms with Crippen LogP contribution in [0.5, 0.6) is 11.6 Å². The van der Waals surface area contributed by atoms with Gasteiger partial charge < -0.3 is 10.1 Å². The first kappa shape index (κ1) is 14.8. The topological polar surface area (TPSA) is 34.2 Å². The number of ether oxygens (including phenoxy) is 1. The van der Waals surface area contributed by atoms with Crippen molar-refractivity contribution in [3.63, 3.8) is 0 Å². The van der Waals surface area contributed by atoms with Crippen LogP contribution in [0, 0.1) is 0 Å². The molecule has 2 rings (SSSR count). The summed E-state index contributed by atoms with van der Waals surface area (Å²) in [5, 5.41) is 3.91. The van der Waals surface area contributed by atoms with Gasteiger partial charge in [-0.2, -0.15) is 0 Å². The van der Waals surface area contributed by atoms with Gasteiger partial charge in [0.1, 0.15) is 10.8 Å². The van der Waals surface area contributed by atoms with Crippen molar-refractivity contribution < 1.29 is 4.74 Å². The maximum Gasteiger partial charge on any atom is 0.238 e. The van der Waals surface area contributed by atoms with E-state index in [1.807, 2.05) is 36.4 Å². The van der Waals surface area contributed by atoms with Gasteiger partial charge in [0.15, 0.2) is 0 Å². The van der Waals surface area contributed by atoms with Gasteiger partial charge in [0.05, 0.1) is 0 Å². The molecule has 20 heavy (non-hydrogen) atoms. The summed E-state index contributed by atoms with van der Waals surface area (Å²) in [5.74, 6) is 1.15. The quantitative estimate of drug-likeness (QED) is 0.905. The third kappa shape index (κ3) is 4.51. The number of hydrogen-bond acceptors (Lipinski definition) is 3. The normalized spacial score (nSPS) is 11.4. The molecule has 0 radical (unpaired) electrons. The monoisotopic (exact) mass is 290 g/mol. The first-order valence-electron chi connectivity index (χ1n) is 6.56. The summed E-state index contributed by atoms with van der Waals surface area (Å²) in [6.07, 6.45) is 1.78. The first-order valence-corrected chi connectivity index (χ1v) is 6.94. The molecule has 1 N–H and O–H groups in total. The SMILES string of the molecule is CC(C)(C)NCc1cnc(Oc2ccccc2)c(Cl)c1. The van der Waals surface area contributed by atoms with E-state index >= 15 is 0 Å². The molecule has 0 saturated heterocycles. The molecule has 0 saturated carbocycles. The predicted octanol–water partition coefficient (Wildman–Crippen LogP) is 4.42. The van der Waals surface area contributed by atoms with Crippen LogP contribution in [-0.2, 0) is 6.54 Å². The lowest BCUT2D eigenvalue weighted by Crippen LogP contribution is -2.35. The van der Waals surface area contributed by atoms with Crippen LogP contribution in [0.4, 0.5) is 0 Å². The smallest absolute Gasteiger partial charge is 0.238 e. The Morgan fingerprint density at radius 1 is 1.20 bits per heavy atom. The van der Waals surface area contributed by atoms with E-state index in [0.717, 1.165) is 17.9 Å². The van der Waals surface area contributed by atoms with Crippen molar-refractivity contribution in [1.29, 1.82) is 0 Å². The molecule has 0 unspecified atom stereocenters. The molecule has 1 heterocycles. The summed E-state index contributed by atoms with van der Waals surface area (Å²) in [5.41, 5.74) is 1.09. The van der Waals surface area contributed by atoms with Crippen molar-refractivity contribution in [3.05, 3.63) is 53.2 Å². The Hall–Kier alpha value is -1.58. The molecule has 3 nitrogen and oxygen atoms in total. The first-order chi connectivity index (χ1) is 9.44. The molecule has 0 fully saturated rings. The number of aromatic nitrogens is 1. The number of nitrogens with zero attached hydrogens (tertiary/aromatic N) is 1. The number of nitrogens with one attached hydrogen (secondary N) is 1. The summed E-state index contributed by atoms with van der Waals surface area (Å²) in [4.78, 5) is 4.28. The van der Waals surface area contributed by atoms with Gasteiger partial charge in [0, 0.05) is 18.3 Å². The molecule has 1 aromatic carbocycles. The van der Waals surface area contributed by atoms with E-state index in [4.69, 9.17) is 16.3 Å². The van der Waals surface area contributed by atoms with E-state index in [2.05, 4.69) is 31.1 Å². The number of hydrogen-bond donors (Lipinski definition) is 1. The summed E-state index contributed by atoms with van der Waals surface area (Å²) < 4.78 is 5.65. The Labute approximate surface area is 124 Å². The van der Waals surface area contributed by atoms with Crippen molar-refractivity contribution in [1.82, 2.24) is 10.3 Å². The van der Waals surface area contributed by atoms with Crippen LogP contribution in [0.15, 0.2) is 42.6 Å². The maximum atomic E-state index is 6.21. The number of halogens is 1. The molecule has 106 valence electrons. The number of benzene rings is 1. The summed E-state index contributed by atoms with van der Waals surface area (Å²) in [6, 6.07) is 11.4. The van der Waals surface area contributed by atoms with Crippen molar-refractivity contribution in [2.75, 3.05) is 0 Å². The van der Waals surface area contributed by atoms with Crippen molar-refractivity contribution >= 4 is 11.6 Å². The van der Waals surface area contributed by atoms with Crippen LogP contribution in [0.3, 0.4) is 0 Å². The Kier molecular flexibility index (Phi) is 4.63. The van der Waals surface area contributed by atoms with Gasteiger partial charge in [-0.15, -0.1) is 0 Å². The van der Waals surface area contributed by atoms with E-state index in [-0.39, 0.29) is 5.54 Å². The molecule has 0 atom stereocenters. The number of pyridine rings is 1. The van der Waals surface area contributed by atoms with Gasteiger partial charge in [-0.1, -0.05) is 29.8 Å². The van der Waals surface area contributed by atoms with E-state index in [1.165, 1.54) is 0 Å². The van der Waals surface area contributed by atoms with Crippen LogP contribution >= 0.6 is 11.6 Å². The van der Waals surface area contributed by atoms with E-state index in [0.29, 0.717) is 10.9 Å². The molecular weight excluding hydrogens is 272 g/mol. The Bertz CT molecular complexity index is 564. The second kappa shape index (κ2) is 6.25. The molecule has 4 heteroatoms. The lowest BCUT2D eigenvalue weighted by molar-refractivity contribution is 0.423. The average Bonchev–Trinajstić information content (AvgIpc) is 2.40. The molecule has 0 bridgehead atoms. The minimum absolute atomic E-state index is 0.0612. The molecule has 0 aliphatic heterocycles. The molecule has 1 aromatic heterocycles. The van der Waals surface area contributed by atoms with Crippen molar-refractivity contribution in [2.45, 2.75) is 32.9 Å². The van der Waals surface area contributed by atoms with Crippen LogP contribution < -0.4 is 10.1 Å². The van der Waals surface area contributed by atoms with Crippen LogP contribution in [-0.4, -0.2) is 10.5 Å². The number of rotatable bonds is 4. The Balaban J connectivity index is 2.06. The highest BCUT2D eigenvalue weighted by Gasteiger charge is 2.10. The minimum Gasteiger partial charge on any atom is -0.438 e. The second-order valence-electron chi connectivity index (χ2n) is 5.65. The fourth-order valence-electron chi connectivity index (χ4n) is 1.60.